The Labute approximate surface area is 80.4 Å². The van der Waals surface area contributed by atoms with Gasteiger partial charge in [0.15, 0.2) is 0 Å². The van der Waals surface area contributed by atoms with E-state index >= 15 is 0 Å². The van der Waals surface area contributed by atoms with Crippen molar-refractivity contribution in [3.8, 4) is 0 Å². The summed E-state index contributed by atoms with van der Waals surface area (Å²) < 4.78 is 0. The van der Waals surface area contributed by atoms with E-state index in [1.54, 1.807) is 0 Å². The normalized spacial score (nSPS) is 11.4. The molecule has 2 nitrogen and oxygen atoms in total. The lowest BCUT2D eigenvalue weighted by atomic mass is 9.88. The summed E-state index contributed by atoms with van der Waals surface area (Å²) in [4.78, 5) is 4.21. The molecule has 1 aromatic rings. The first kappa shape index (κ1) is 10.0. The molecule has 13 heavy (non-hydrogen) atoms. The number of aromatic nitrogens is 1. The molecular formula is C11H18N2. The fourth-order valence-electron chi connectivity index (χ4n) is 1.15. The SMILES string of the molecule is CCNc1cncc(C(C)(C)C)c1. The molecule has 0 aliphatic carbocycles. The zero-order valence-electron chi connectivity index (χ0n) is 8.89. The molecule has 0 unspecified atom stereocenters. The van der Waals surface area contributed by atoms with E-state index in [1.807, 2.05) is 12.4 Å². The van der Waals surface area contributed by atoms with Gasteiger partial charge in [-0.15, -0.1) is 0 Å². The predicted octanol–water partition coefficient (Wildman–Crippen LogP) is 2.81. The van der Waals surface area contributed by atoms with Gasteiger partial charge in [-0.2, -0.15) is 0 Å². The molecule has 2 heteroatoms. The van der Waals surface area contributed by atoms with Crippen LogP contribution in [0.15, 0.2) is 18.5 Å². The van der Waals surface area contributed by atoms with Crippen LogP contribution in [-0.4, -0.2) is 11.5 Å². The van der Waals surface area contributed by atoms with E-state index in [9.17, 15) is 0 Å². The van der Waals surface area contributed by atoms with Gasteiger partial charge in [0.1, 0.15) is 0 Å². The minimum Gasteiger partial charge on any atom is -0.384 e. The Bertz CT molecular complexity index is 274. The van der Waals surface area contributed by atoms with Crippen LogP contribution < -0.4 is 5.32 Å². The number of hydrogen-bond donors (Lipinski definition) is 1. The topological polar surface area (TPSA) is 24.9 Å². The summed E-state index contributed by atoms with van der Waals surface area (Å²) in [7, 11) is 0. The molecule has 0 amide bonds. The molecule has 1 heterocycles. The van der Waals surface area contributed by atoms with Crippen molar-refractivity contribution < 1.29 is 0 Å². The summed E-state index contributed by atoms with van der Waals surface area (Å²) in [5.74, 6) is 0. The molecule has 1 aromatic heterocycles. The van der Waals surface area contributed by atoms with E-state index < -0.39 is 0 Å². The van der Waals surface area contributed by atoms with Gasteiger partial charge in [-0.3, -0.25) is 4.98 Å². The quantitative estimate of drug-likeness (QED) is 0.753. The van der Waals surface area contributed by atoms with Gasteiger partial charge in [0.05, 0.1) is 5.69 Å². The van der Waals surface area contributed by atoms with Gasteiger partial charge in [-0.25, -0.2) is 0 Å². The summed E-state index contributed by atoms with van der Waals surface area (Å²) >= 11 is 0. The number of anilines is 1. The molecule has 0 saturated carbocycles. The number of rotatable bonds is 2. The van der Waals surface area contributed by atoms with Crippen molar-refractivity contribution in [3.05, 3.63) is 24.0 Å². The van der Waals surface area contributed by atoms with Crippen LogP contribution in [0.2, 0.25) is 0 Å². The second-order valence-corrected chi connectivity index (χ2v) is 4.24. The highest BCUT2D eigenvalue weighted by atomic mass is 14.9. The third-order valence-electron chi connectivity index (χ3n) is 1.99. The van der Waals surface area contributed by atoms with Crippen molar-refractivity contribution in [1.82, 2.24) is 4.98 Å². The molecular weight excluding hydrogens is 160 g/mol. The van der Waals surface area contributed by atoms with E-state index in [-0.39, 0.29) is 5.41 Å². The Balaban J connectivity index is 2.92. The first-order valence-electron chi connectivity index (χ1n) is 4.73. The molecule has 0 aliphatic heterocycles. The highest BCUT2D eigenvalue weighted by Crippen LogP contribution is 2.23. The number of nitrogens with one attached hydrogen (secondary N) is 1. The van der Waals surface area contributed by atoms with Crippen molar-refractivity contribution in [1.29, 1.82) is 0 Å². The Hall–Kier alpha value is -1.05. The van der Waals surface area contributed by atoms with Crippen molar-refractivity contribution in [2.24, 2.45) is 0 Å². The lowest BCUT2D eigenvalue weighted by Gasteiger charge is -2.19. The molecule has 0 atom stereocenters. The van der Waals surface area contributed by atoms with Gasteiger partial charge in [0.2, 0.25) is 0 Å². The van der Waals surface area contributed by atoms with Crippen molar-refractivity contribution in [2.75, 3.05) is 11.9 Å². The minimum atomic E-state index is 0.179. The lowest BCUT2D eigenvalue weighted by Crippen LogP contribution is -2.12. The molecule has 1 N–H and O–H groups in total. The molecule has 0 saturated heterocycles. The average molecular weight is 178 g/mol. The minimum absolute atomic E-state index is 0.179. The molecule has 0 radical (unpaired) electrons. The van der Waals surface area contributed by atoms with Crippen LogP contribution in [0.3, 0.4) is 0 Å². The second kappa shape index (κ2) is 3.77. The molecule has 0 fully saturated rings. The lowest BCUT2D eigenvalue weighted by molar-refractivity contribution is 0.587. The first-order valence-corrected chi connectivity index (χ1v) is 4.73. The fraction of sp³-hybridized carbons (Fsp3) is 0.545. The number of hydrogen-bond acceptors (Lipinski definition) is 2. The Kier molecular flexibility index (Phi) is 2.91. The van der Waals surface area contributed by atoms with Gasteiger partial charge in [-0.05, 0) is 24.0 Å². The fourth-order valence-corrected chi connectivity index (χ4v) is 1.15. The maximum Gasteiger partial charge on any atom is 0.0529 e. The molecule has 1 rings (SSSR count). The van der Waals surface area contributed by atoms with Crippen LogP contribution in [0, 0.1) is 0 Å². The predicted molar refractivity (Wildman–Crippen MR) is 57.1 cm³/mol. The van der Waals surface area contributed by atoms with Crippen LogP contribution in [0.1, 0.15) is 33.3 Å². The zero-order valence-corrected chi connectivity index (χ0v) is 8.89. The molecule has 0 aliphatic rings. The van der Waals surface area contributed by atoms with Crippen LogP contribution in [0.4, 0.5) is 5.69 Å². The summed E-state index contributed by atoms with van der Waals surface area (Å²) in [6.07, 6.45) is 3.79. The molecule has 72 valence electrons. The van der Waals surface area contributed by atoms with Crippen molar-refractivity contribution >= 4 is 5.69 Å². The Morgan fingerprint density at radius 1 is 1.31 bits per heavy atom. The van der Waals surface area contributed by atoms with E-state index in [2.05, 4.69) is 44.1 Å². The molecule has 0 spiro atoms. The monoisotopic (exact) mass is 178 g/mol. The maximum atomic E-state index is 4.21. The highest BCUT2D eigenvalue weighted by Gasteiger charge is 2.13. The first-order chi connectivity index (χ1) is 6.04. The number of pyridine rings is 1. The van der Waals surface area contributed by atoms with Gasteiger partial charge in [-0.1, -0.05) is 20.8 Å². The Morgan fingerprint density at radius 2 is 2.00 bits per heavy atom. The van der Waals surface area contributed by atoms with Gasteiger partial charge >= 0.3 is 0 Å². The average Bonchev–Trinajstić information content (AvgIpc) is 2.04. The van der Waals surface area contributed by atoms with E-state index in [4.69, 9.17) is 0 Å². The van der Waals surface area contributed by atoms with Gasteiger partial charge < -0.3 is 5.32 Å². The standard InChI is InChI=1S/C11H18N2/c1-5-13-10-6-9(7-12-8-10)11(2,3)4/h6-8,13H,5H2,1-4H3. The molecule has 0 aromatic carbocycles. The highest BCUT2D eigenvalue weighted by molar-refractivity contribution is 5.44. The second-order valence-electron chi connectivity index (χ2n) is 4.24. The van der Waals surface area contributed by atoms with Gasteiger partial charge in [0, 0.05) is 18.9 Å². The van der Waals surface area contributed by atoms with Crippen LogP contribution in [0.5, 0.6) is 0 Å². The van der Waals surface area contributed by atoms with E-state index in [0.29, 0.717) is 0 Å². The van der Waals surface area contributed by atoms with Gasteiger partial charge in [0.25, 0.3) is 0 Å². The number of nitrogens with zero attached hydrogens (tertiary/aromatic N) is 1. The van der Waals surface area contributed by atoms with Crippen LogP contribution in [-0.2, 0) is 5.41 Å². The smallest absolute Gasteiger partial charge is 0.0529 e. The summed E-state index contributed by atoms with van der Waals surface area (Å²) in [6, 6.07) is 2.16. The zero-order chi connectivity index (χ0) is 9.90. The summed E-state index contributed by atoms with van der Waals surface area (Å²) in [5.41, 5.74) is 2.55. The summed E-state index contributed by atoms with van der Waals surface area (Å²) in [6.45, 7) is 9.61. The van der Waals surface area contributed by atoms with Crippen LogP contribution in [0.25, 0.3) is 0 Å². The van der Waals surface area contributed by atoms with E-state index in [1.165, 1.54) is 5.56 Å². The maximum absolute atomic E-state index is 4.21. The van der Waals surface area contributed by atoms with E-state index in [0.717, 1.165) is 12.2 Å². The van der Waals surface area contributed by atoms with Crippen molar-refractivity contribution in [3.63, 3.8) is 0 Å². The summed E-state index contributed by atoms with van der Waals surface area (Å²) in [5, 5.41) is 3.26. The van der Waals surface area contributed by atoms with Crippen molar-refractivity contribution in [2.45, 2.75) is 33.1 Å². The van der Waals surface area contributed by atoms with Crippen LogP contribution >= 0.6 is 0 Å². The molecule has 0 bridgehead atoms. The largest absolute Gasteiger partial charge is 0.384 e. The third-order valence-corrected chi connectivity index (χ3v) is 1.99. The third kappa shape index (κ3) is 2.72. The Morgan fingerprint density at radius 3 is 2.54 bits per heavy atom.